The lowest BCUT2D eigenvalue weighted by molar-refractivity contribution is 0.413. The van der Waals surface area contributed by atoms with Crippen molar-refractivity contribution in [1.82, 2.24) is 24.3 Å². The molecule has 1 aliphatic heterocycles. The van der Waals surface area contributed by atoms with E-state index in [1.165, 1.54) is 5.56 Å². The molecule has 0 N–H and O–H groups in total. The van der Waals surface area contributed by atoms with Crippen LogP contribution in [-0.4, -0.2) is 31.4 Å². The highest BCUT2D eigenvalue weighted by molar-refractivity contribution is 5.69. The predicted octanol–water partition coefficient (Wildman–Crippen LogP) is 4.88. The van der Waals surface area contributed by atoms with Crippen molar-refractivity contribution >= 4 is 12.2 Å². The summed E-state index contributed by atoms with van der Waals surface area (Å²) in [6.07, 6.45) is 11.1. The summed E-state index contributed by atoms with van der Waals surface area (Å²) in [5.41, 5.74) is 4.28. The van der Waals surface area contributed by atoms with Gasteiger partial charge < -0.3 is 13.9 Å². The van der Waals surface area contributed by atoms with Gasteiger partial charge in [-0.25, -0.2) is 4.98 Å². The van der Waals surface area contributed by atoms with E-state index in [1.807, 2.05) is 35.9 Å². The highest BCUT2D eigenvalue weighted by Gasteiger charge is 2.24. The zero-order valence-corrected chi connectivity index (χ0v) is 17.8. The fourth-order valence-corrected chi connectivity index (χ4v) is 4.27. The van der Waals surface area contributed by atoms with Crippen molar-refractivity contribution in [2.45, 2.75) is 32.2 Å². The summed E-state index contributed by atoms with van der Waals surface area (Å²) >= 11 is 0. The molecule has 6 heteroatoms. The van der Waals surface area contributed by atoms with Crippen LogP contribution in [0.4, 0.5) is 0 Å². The van der Waals surface area contributed by atoms with E-state index in [9.17, 15) is 0 Å². The second-order valence-corrected chi connectivity index (χ2v) is 7.85. The van der Waals surface area contributed by atoms with Crippen molar-refractivity contribution in [3.05, 3.63) is 89.5 Å². The van der Waals surface area contributed by atoms with E-state index in [2.05, 4.69) is 62.2 Å². The molecule has 0 amide bonds. The Bertz CT molecular complexity index is 1220. The van der Waals surface area contributed by atoms with Gasteiger partial charge in [0.25, 0.3) is 0 Å². The Morgan fingerprint density at radius 1 is 1.06 bits per heavy atom. The molecule has 0 radical (unpaired) electrons. The van der Waals surface area contributed by atoms with Crippen LogP contribution in [0.3, 0.4) is 0 Å². The van der Waals surface area contributed by atoms with E-state index in [1.54, 1.807) is 13.4 Å². The summed E-state index contributed by atoms with van der Waals surface area (Å²) < 4.78 is 9.90. The number of hydrogen-bond donors (Lipinski definition) is 0. The van der Waals surface area contributed by atoms with Crippen molar-refractivity contribution in [3.8, 4) is 11.4 Å². The quantitative estimate of drug-likeness (QED) is 0.470. The van der Waals surface area contributed by atoms with Gasteiger partial charge in [0.1, 0.15) is 11.6 Å². The largest absolute Gasteiger partial charge is 0.495 e. The third-order valence-electron chi connectivity index (χ3n) is 5.79. The Morgan fingerprint density at radius 3 is 2.71 bits per heavy atom. The van der Waals surface area contributed by atoms with Crippen molar-refractivity contribution in [2.24, 2.45) is 0 Å². The lowest BCUT2D eigenvalue weighted by atomic mass is 9.97. The molecule has 1 aliphatic rings. The van der Waals surface area contributed by atoms with Crippen LogP contribution in [0.5, 0.6) is 5.75 Å². The number of benzene rings is 2. The first kappa shape index (κ1) is 19.3. The summed E-state index contributed by atoms with van der Waals surface area (Å²) in [6.45, 7) is 1.97. The molecular formula is C25H25N5O. The Hall–Kier alpha value is -3.67. The molecule has 1 atom stereocenters. The molecule has 1 unspecified atom stereocenters. The molecule has 0 fully saturated rings. The molecule has 31 heavy (non-hydrogen) atoms. The van der Waals surface area contributed by atoms with E-state index in [0.29, 0.717) is 0 Å². The number of fused-ring (bicyclic) bond motifs is 1. The van der Waals surface area contributed by atoms with E-state index in [0.717, 1.165) is 53.6 Å². The molecule has 3 heterocycles. The molecule has 0 spiro atoms. The molecule has 0 saturated heterocycles. The van der Waals surface area contributed by atoms with E-state index in [4.69, 9.17) is 4.74 Å². The maximum Gasteiger partial charge on any atom is 0.157 e. The van der Waals surface area contributed by atoms with Gasteiger partial charge in [-0.15, -0.1) is 10.2 Å². The molecule has 0 bridgehead atoms. The van der Waals surface area contributed by atoms with Gasteiger partial charge in [0.2, 0.25) is 0 Å². The van der Waals surface area contributed by atoms with E-state index < -0.39 is 0 Å². The Morgan fingerprint density at radius 2 is 1.94 bits per heavy atom. The van der Waals surface area contributed by atoms with Gasteiger partial charge in [-0.2, -0.15) is 0 Å². The first-order valence-electron chi connectivity index (χ1n) is 10.6. The molecular weight excluding hydrogens is 386 g/mol. The fourth-order valence-electron chi connectivity index (χ4n) is 4.27. The summed E-state index contributed by atoms with van der Waals surface area (Å²) in [7, 11) is 1.69. The third-order valence-corrected chi connectivity index (χ3v) is 5.79. The van der Waals surface area contributed by atoms with Crippen molar-refractivity contribution in [1.29, 1.82) is 0 Å². The van der Waals surface area contributed by atoms with Gasteiger partial charge in [-0.05, 0) is 49.1 Å². The Balaban J connectivity index is 1.46. The second kappa shape index (κ2) is 8.22. The van der Waals surface area contributed by atoms with Crippen molar-refractivity contribution in [2.75, 3.05) is 7.11 Å². The molecule has 4 aromatic rings. The van der Waals surface area contributed by atoms with Crippen LogP contribution < -0.4 is 4.74 Å². The van der Waals surface area contributed by atoms with Crippen molar-refractivity contribution in [3.63, 3.8) is 0 Å². The number of methoxy groups -OCH3 is 1. The van der Waals surface area contributed by atoms with Gasteiger partial charge in [-0.3, -0.25) is 0 Å². The van der Waals surface area contributed by atoms with Gasteiger partial charge in [0.15, 0.2) is 5.82 Å². The summed E-state index contributed by atoms with van der Waals surface area (Å²) in [5, 5.41) is 8.94. The molecule has 0 aliphatic carbocycles. The van der Waals surface area contributed by atoms with E-state index >= 15 is 0 Å². The minimum absolute atomic E-state index is 0.279. The zero-order chi connectivity index (χ0) is 21.2. The van der Waals surface area contributed by atoms with E-state index in [-0.39, 0.29) is 6.04 Å². The molecule has 0 saturated carbocycles. The lowest BCUT2D eigenvalue weighted by Crippen LogP contribution is -2.20. The average molecular weight is 412 g/mol. The third kappa shape index (κ3) is 3.77. The first-order chi connectivity index (χ1) is 15.2. The monoisotopic (exact) mass is 411 g/mol. The maximum absolute atomic E-state index is 5.64. The number of imidazole rings is 1. The number of hydrogen-bond acceptors (Lipinski definition) is 4. The smallest absolute Gasteiger partial charge is 0.157 e. The van der Waals surface area contributed by atoms with Gasteiger partial charge in [0.05, 0.1) is 30.9 Å². The minimum atomic E-state index is 0.279. The Kier molecular flexibility index (Phi) is 5.12. The van der Waals surface area contributed by atoms with Gasteiger partial charge in [0, 0.05) is 12.6 Å². The molecule has 2 aromatic heterocycles. The SMILES string of the molecule is COc1cc(/C=C/c2nnc3n2C(c2ccccc2)CCC3)ccc1-n1cnc(C)c1. The number of aromatic nitrogens is 5. The van der Waals surface area contributed by atoms with Crippen molar-refractivity contribution < 1.29 is 4.74 Å². The number of ether oxygens (including phenoxy) is 1. The van der Waals surface area contributed by atoms with Crippen LogP contribution >= 0.6 is 0 Å². The van der Waals surface area contributed by atoms with Crippen LogP contribution in [0.2, 0.25) is 0 Å². The number of aryl methyl sites for hydroxylation is 2. The van der Waals surface area contributed by atoms with Crippen LogP contribution in [0.15, 0.2) is 61.1 Å². The number of nitrogens with zero attached hydrogens (tertiary/aromatic N) is 5. The summed E-state index contributed by atoms with van der Waals surface area (Å²) in [4.78, 5) is 4.31. The fraction of sp³-hybridized carbons (Fsp3) is 0.240. The minimum Gasteiger partial charge on any atom is -0.495 e. The topological polar surface area (TPSA) is 57.8 Å². The summed E-state index contributed by atoms with van der Waals surface area (Å²) in [5.74, 6) is 2.74. The average Bonchev–Trinajstić information content (AvgIpc) is 3.44. The van der Waals surface area contributed by atoms with Crippen LogP contribution in [0.1, 0.15) is 47.4 Å². The maximum atomic E-state index is 5.64. The van der Waals surface area contributed by atoms with Crippen LogP contribution in [0.25, 0.3) is 17.8 Å². The number of rotatable bonds is 5. The molecule has 5 rings (SSSR count). The Labute approximate surface area is 181 Å². The van der Waals surface area contributed by atoms with Crippen LogP contribution in [0, 0.1) is 6.92 Å². The highest BCUT2D eigenvalue weighted by atomic mass is 16.5. The predicted molar refractivity (Wildman–Crippen MR) is 121 cm³/mol. The molecule has 156 valence electrons. The molecule has 6 nitrogen and oxygen atoms in total. The van der Waals surface area contributed by atoms with Crippen LogP contribution in [-0.2, 0) is 6.42 Å². The second-order valence-electron chi connectivity index (χ2n) is 7.85. The standard InChI is InChI=1S/C25H25N5O/c1-18-16-29(17-26-18)22-13-11-19(15-23(22)31-2)12-14-25-28-27-24-10-6-9-21(30(24)25)20-7-4-3-5-8-20/h3-5,7-8,11-17,21H,6,9-10H2,1-2H3/b14-12+. The zero-order valence-electron chi connectivity index (χ0n) is 17.8. The van der Waals surface area contributed by atoms with Gasteiger partial charge >= 0.3 is 0 Å². The highest BCUT2D eigenvalue weighted by Crippen LogP contribution is 2.32. The lowest BCUT2D eigenvalue weighted by Gasteiger charge is -2.26. The normalized spacial score (nSPS) is 15.9. The first-order valence-corrected chi connectivity index (χ1v) is 10.6. The van der Waals surface area contributed by atoms with Gasteiger partial charge in [-0.1, -0.05) is 42.5 Å². The molecule has 2 aromatic carbocycles. The summed E-state index contributed by atoms with van der Waals surface area (Å²) in [6, 6.07) is 17.1.